The van der Waals surface area contributed by atoms with E-state index in [4.69, 9.17) is 9.15 Å². The van der Waals surface area contributed by atoms with Crippen LogP contribution < -0.4 is 10.6 Å². The number of nitrogens with zero attached hydrogens (tertiary/aromatic N) is 2. The van der Waals surface area contributed by atoms with Crippen molar-refractivity contribution in [2.45, 2.75) is 26.2 Å². The molecule has 1 aromatic rings. The molecule has 0 spiro atoms. The minimum atomic E-state index is -0.138. The Labute approximate surface area is 206 Å². The monoisotopic (exact) mass is 556 g/mol. The highest BCUT2D eigenvalue weighted by Gasteiger charge is 2.58. The Morgan fingerprint density at radius 1 is 1.19 bits per heavy atom. The lowest BCUT2D eigenvalue weighted by Gasteiger charge is -2.19. The van der Waals surface area contributed by atoms with Gasteiger partial charge in [0.1, 0.15) is 5.76 Å². The Morgan fingerprint density at radius 3 is 2.56 bits per heavy atom. The van der Waals surface area contributed by atoms with Crippen molar-refractivity contribution in [3.05, 3.63) is 36.3 Å². The molecule has 1 saturated carbocycles. The van der Waals surface area contributed by atoms with Gasteiger partial charge < -0.3 is 19.8 Å². The standard InChI is InChI=1S/C23H32N4O4.HI/c1-2-30-13-4-9-24-23(25-10-8-18-5-3-14-31-18)26-11-12-27-21(28)19-16-6-7-17(15-16)20(19)22(27)29;/h3,5-7,14,16-17,19-20H,2,4,8-13,15H2,1H3,(H2,24,25,26);1H. The van der Waals surface area contributed by atoms with Gasteiger partial charge in [0, 0.05) is 45.8 Å². The van der Waals surface area contributed by atoms with Crippen LogP contribution in [0.1, 0.15) is 25.5 Å². The zero-order valence-electron chi connectivity index (χ0n) is 18.5. The average molecular weight is 556 g/mol. The van der Waals surface area contributed by atoms with Crippen LogP contribution in [0.15, 0.2) is 40.0 Å². The topological polar surface area (TPSA) is 96.2 Å². The number of ether oxygens (including phenoxy) is 1. The van der Waals surface area contributed by atoms with Crippen molar-refractivity contribution in [2.75, 3.05) is 39.4 Å². The van der Waals surface area contributed by atoms with Gasteiger partial charge in [0.05, 0.1) is 18.1 Å². The molecule has 176 valence electrons. The molecule has 1 aliphatic heterocycles. The summed E-state index contributed by atoms with van der Waals surface area (Å²) in [6, 6.07) is 3.81. The first-order valence-corrected chi connectivity index (χ1v) is 11.3. The molecule has 32 heavy (non-hydrogen) atoms. The number of halogens is 1. The molecule has 2 aliphatic carbocycles. The van der Waals surface area contributed by atoms with Crippen LogP contribution in [-0.4, -0.2) is 62.1 Å². The zero-order chi connectivity index (χ0) is 21.6. The van der Waals surface area contributed by atoms with E-state index in [0.29, 0.717) is 45.4 Å². The number of allylic oxidation sites excluding steroid dienone is 2. The highest BCUT2D eigenvalue weighted by molar-refractivity contribution is 14.0. The molecular formula is C23H33IN4O4. The smallest absolute Gasteiger partial charge is 0.233 e. The molecule has 1 aromatic heterocycles. The van der Waals surface area contributed by atoms with Crippen LogP contribution in [0, 0.1) is 23.7 Å². The summed E-state index contributed by atoms with van der Waals surface area (Å²) in [5.74, 6) is 1.78. The SMILES string of the molecule is CCOCCCN=C(NCCc1ccco1)NCCN1C(=O)C2C3C=CC(C3)C2C1=O.I. The van der Waals surface area contributed by atoms with Crippen molar-refractivity contribution < 1.29 is 18.7 Å². The fourth-order valence-electron chi connectivity index (χ4n) is 4.91. The van der Waals surface area contributed by atoms with Crippen LogP contribution in [0.2, 0.25) is 0 Å². The number of carbonyl (C=O) groups excluding carboxylic acids is 2. The van der Waals surface area contributed by atoms with Crippen molar-refractivity contribution in [1.82, 2.24) is 15.5 Å². The van der Waals surface area contributed by atoms with Gasteiger partial charge in [0.25, 0.3) is 0 Å². The van der Waals surface area contributed by atoms with E-state index in [-0.39, 0.29) is 59.5 Å². The summed E-state index contributed by atoms with van der Waals surface area (Å²) in [7, 11) is 0. The molecule has 0 radical (unpaired) electrons. The second-order valence-electron chi connectivity index (χ2n) is 8.29. The summed E-state index contributed by atoms with van der Waals surface area (Å²) in [6.45, 7) is 5.49. The molecule has 2 N–H and O–H groups in total. The Bertz CT molecular complexity index is 796. The molecule has 2 heterocycles. The maximum atomic E-state index is 12.8. The van der Waals surface area contributed by atoms with Crippen LogP contribution in [0.5, 0.6) is 0 Å². The summed E-state index contributed by atoms with van der Waals surface area (Å²) < 4.78 is 10.7. The quantitative estimate of drug-likeness (QED) is 0.108. The van der Waals surface area contributed by atoms with Gasteiger partial charge in [-0.1, -0.05) is 12.2 Å². The normalized spacial score (nSPS) is 25.9. The molecule has 2 amide bonds. The molecule has 4 rings (SSSR count). The number of imide groups is 1. The van der Waals surface area contributed by atoms with Gasteiger partial charge in [-0.3, -0.25) is 19.5 Å². The minimum Gasteiger partial charge on any atom is -0.469 e. The maximum Gasteiger partial charge on any atom is 0.233 e. The fourth-order valence-corrected chi connectivity index (χ4v) is 4.91. The van der Waals surface area contributed by atoms with E-state index < -0.39 is 0 Å². The number of hydrogen-bond acceptors (Lipinski definition) is 5. The molecule has 2 bridgehead atoms. The molecule has 0 aromatic carbocycles. The lowest BCUT2D eigenvalue weighted by atomic mass is 9.85. The molecule has 4 atom stereocenters. The number of aliphatic imine (C=N–C) groups is 1. The van der Waals surface area contributed by atoms with Crippen LogP contribution in [0.4, 0.5) is 0 Å². The molecule has 1 saturated heterocycles. The van der Waals surface area contributed by atoms with Gasteiger partial charge in [0.15, 0.2) is 5.96 Å². The van der Waals surface area contributed by atoms with Crippen LogP contribution in [0.25, 0.3) is 0 Å². The molecule has 4 unspecified atom stereocenters. The first kappa shape index (κ1) is 24.8. The first-order chi connectivity index (χ1) is 15.2. The predicted octanol–water partition coefficient (Wildman–Crippen LogP) is 2.21. The Morgan fingerprint density at radius 2 is 1.91 bits per heavy atom. The highest BCUT2D eigenvalue weighted by atomic mass is 127. The number of nitrogens with one attached hydrogen (secondary N) is 2. The van der Waals surface area contributed by atoms with E-state index in [9.17, 15) is 9.59 Å². The van der Waals surface area contributed by atoms with E-state index in [1.807, 2.05) is 19.1 Å². The van der Waals surface area contributed by atoms with Gasteiger partial charge in [-0.2, -0.15) is 0 Å². The third-order valence-electron chi connectivity index (χ3n) is 6.35. The number of hydrogen-bond donors (Lipinski definition) is 2. The van der Waals surface area contributed by atoms with E-state index in [0.717, 1.165) is 25.0 Å². The van der Waals surface area contributed by atoms with E-state index in [1.54, 1.807) is 6.26 Å². The second-order valence-corrected chi connectivity index (χ2v) is 8.29. The molecule has 3 aliphatic rings. The molecular weight excluding hydrogens is 523 g/mol. The Balaban J connectivity index is 0.00000289. The lowest BCUT2D eigenvalue weighted by molar-refractivity contribution is -0.140. The summed E-state index contributed by atoms with van der Waals surface area (Å²) in [5.41, 5.74) is 0. The number of guanidine groups is 1. The molecule has 2 fully saturated rings. The molecule has 9 heteroatoms. The Kier molecular flexibility index (Phi) is 9.15. The number of fused-ring (bicyclic) bond motifs is 5. The number of likely N-dealkylation sites (tertiary alicyclic amines) is 1. The van der Waals surface area contributed by atoms with E-state index in [1.165, 1.54) is 4.90 Å². The van der Waals surface area contributed by atoms with Gasteiger partial charge in [-0.05, 0) is 43.7 Å². The van der Waals surface area contributed by atoms with Crippen LogP contribution in [-0.2, 0) is 20.7 Å². The van der Waals surface area contributed by atoms with Gasteiger partial charge >= 0.3 is 0 Å². The zero-order valence-corrected chi connectivity index (χ0v) is 20.8. The first-order valence-electron chi connectivity index (χ1n) is 11.3. The number of carbonyl (C=O) groups is 2. The third-order valence-corrected chi connectivity index (χ3v) is 6.35. The van der Waals surface area contributed by atoms with Crippen molar-refractivity contribution >= 4 is 41.8 Å². The van der Waals surface area contributed by atoms with E-state index >= 15 is 0 Å². The van der Waals surface area contributed by atoms with Crippen LogP contribution >= 0.6 is 24.0 Å². The second kappa shape index (κ2) is 11.8. The largest absolute Gasteiger partial charge is 0.469 e. The predicted molar refractivity (Wildman–Crippen MR) is 132 cm³/mol. The minimum absolute atomic E-state index is 0. The van der Waals surface area contributed by atoms with Gasteiger partial charge in [0.2, 0.25) is 11.8 Å². The summed E-state index contributed by atoms with van der Waals surface area (Å²) >= 11 is 0. The summed E-state index contributed by atoms with van der Waals surface area (Å²) in [4.78, 5) is 31.7. The van der Waals surface area contributed by atoms with Gasteiger partial charge in [-0.15, -0.1) is 24.0 Å². The highest BCUT2D eigenvalue weighted by Crippen LogP contribution is 2.52. The summed E-state index contributed by atoms with van der Waals surface area (Å²) in [6.07, 6.45) is 8.44. The van der Waals surface area contributed by atoms with E-state index in [2.05, 4.69) is 27.8 Å². The Hall–Kier alpha value is -1.88. The number of furan rings is 1. The van der Waals surface area contributed by atoms with Crippen molar-refractivity contribution in [3.8, 4) is 0 Å². The number of amides is 2. The fraction of sp³-hybridized carbons (Fsp3) is 0.609. The lowest BCUT2D eigenvalue weighted by Crippen LogP contribution is -2.44. The van der Waals surface area contributed by atoms with Crippen molar-refractivity contribution in [3.63, 3.8) is 0 Å². The van der Waals surface area contributed by atoms with Gasteiger partial charge in [-0.25, -0.2) is 0 Å². The maximum absolute atomic E-state index is 12.8. The van der Waals surface area contributed by atoms with Crippen molar-refractivity contribution in [2.24, 2.45) is 28.7 Å². The third kappa shape index (κ3) is 5.54. The van der Waals surface area contributed by atoms with Crippen LogP contribution in [0.3, 0.4) is 0 Å². The van der Waals surface area contributed by atoms with Crippen molar-refractivity contribution in [1.29, 1.82) is 0 Å². The summed E-state index contributed by atoms with van der Waals surface area (Å²) in [5, 5.41) is 6.57. The average Bonchev–Trinajstić information content (AvgIpc) is 3.55. The number of rotatable bonds is 11. The molecule has 8 nitrogen and oxygen atoms in total.